The van der Waals surface area contributed by atoms with Crippen LogP contribution in [0.25, 0.3) is 0 Å². The van der Waals surface area contributed by atoms with Crippen molar-refractivity contribution in [2.75, 3.05) is 18.4 Å². The molecule has 0 unspecified atom stereocenters. The molecule has 0 aromatic carbocycles. The van der Waals surface area contributed by atoms with Crippen LogP contribution >= 0.6 is 15.9 Å². The van der Waals surface area contributed by atoms with E-state index >= 15 is 0 Å². The van der Waals surface area contributed by atoms with Crippen molar-refractivity contribution < 1.29 is 9.90 Å². The van der Waals surface area contributed by atoms with Crippen LogP contribution in [-0.4, -0.2) is 34.5 Å². The largest absolute Gasteiger partial charge is 0.465 e. The Labute approximate surface area is 106 Å². The van der Waals surface area contributed by atoms with Crippen molar-refractivity contribution in [1.29, 1.82) is 0 Å². The summed E-state index contributed by atoms with van der Waals surface area (Å²) in [5, 5.41) is 9.93. The summed E-state index contributed by atoms with van der Waals surface area (Å²) in [6, 6.07) is 0. The van der Waals surface area contributed by atoms with Crippen molar-refractivity contribution in [2.45, 2.75) is 44.9 Å². The summed E-state index contributed by atoms with van der Waals surface area (Å²) in [6.07, 6.45) is 7.88. The van der Waals surface area contributed by atoms with Gasteiger partial charge >= 0.3 is 6.09 Å². The number of hydrogen-bond acceptors (Lipinski definition) is 1. The maximum atomic E-state index is 10.7. The van der Waals surface area contributed by atoms with Gasteiger partial charge in [0.15, 0.2) is 0 Å². The van der Waals surface area contributed by atoms with Gasteiger partial charge in [-0.25, -0.2) is 4.79 Å². The van der Waals surface area contributed by atoms with Crippen LogP contribution in [0, 0.1) is 5.92 Å². The zero-order valence-electron chi connectivity index (χ0n) is 9.83. The Kier molecular flexibility index (Phi) is 6.85. The first-order valence-electron chi connectivity index (χ1n) is 6.28. The Morgan fingerprint density at radius 3 is 2.38 bits per heavy atom. The molecule has 4 heteroatoms. The highest BCUT2D eigenvalue weighted by atomic mass is 79.9. The van der Waals surface area contributed by atoms with Crippen molar-refractivity contribution in [1.82, 2.24) is 4.90 Å². The Bertz CT molecular complexity index is 203. The third kappa shape index (κ3) is 5.19. The number of amides is 1. The van der Waals surface area contributed by atoms with E-state index in [-0.39, 0.29) is 0 Å². The van der Waals surface area contributed by atoms with Gasteiger partial charge < -0.3 is 10.0 Å². The lowest BCUT2D eigenvalue weighted by Crippen LogP contribution is -2.37. The van der Waals surface area contributed by atoms with Crippen molar-refractivity contribution >= 4 is 22.0 Å². The second-order valence-corrected chi connectivity index (χ2v) is 5.40. The number of halogens is 1. The quantitative estimate of drug-likeness (QED) is 0.598. The van der Waals surface area contributed by atoms with Crippen molar-refractivity contribution in [3.8, 4) is 0 Å². The van der Waals surface area contributed by atoms with Crippen molar-refractivity contribution in [3.63, 3.8) is 0 Å². The predicted octanol–water partition coefficient (Wildman–Crippen LogP) is 3.72. The molecule has 16 heavy (non-hydrogen) atoms. The third-order valence-corrected chi connectivity index (χ3v) is 3.94. The van der Waals surface area contributed by atoms with E-state index in [0.29, 0.717) is 0 Å². The number of nitrogens with zero attached hydrogens (tertiary/aromatic N) is 1. The lowest BCUT2D eigenvalue weighted by atomic mass is 9.91. The number of likely N-dealkylation sites (tertiary alicyclic amines) is 1. The fourth-order valence-corrected chi connectivity index (χ4v) is 2.69. The number of alkyl halides is 1. The van der Waals surface area contributed by atoms with Gasteiger partial charge in [-0.05, 0) is 25.2 Å². The topological polar surface area (TPSA) is 40.5 Å². The first-order chi connectivity index (χ1) is 7.74. The molecule has 1 aliphatic heterocycles. The highest BCUT2D eigenvalue weighted by Crippen LogP contribution is 2.23. The van der Waals surface area contributed by atoms with Crippen LogP contribution in [0.5, 0.6) is 0 Å². The molecule has 0 bridgehead atoms. The monoisotopic (exact) mass is 291 g/mol. The van der Waals surface area contributed by atoms with Crippen LogP contribution in [0.4, 0.5) is 4.79 Å². The van der Waals surface area contributed by atoms with E-state index in [4.69, 9.17) is 5.11 Å². The van der Waals surface area contributed by atoms with E-state index in [1.165, 1.54) is 32.1 Å². The number of carboxylic acid groups (broad SMARTS) is 1. The molecule has 1 rings (SSSR count). The van der Waals surface area contributed by atoms with Gasteiger partial charge in [0, 0.05) is 18.4 Å². The number of hydrogen-bond donors (Lipinski definition) is 1. The lowest BCUT2D eigenvalue weighted by Gasteiger charge is -2.29. The average molecular weight is 292 g/mol. The van der Waals surface area contributed by atoms with Gasteiger partial charge in [-0.15, -0.1) is 0 Å². The first-order valence-corrected chi connectivity index (χ1v) is 7.40. The van der Waals surface area contributed by atoms with Crippen molar-refractivity contribution in [2.24, 2.45) is 5.92 Å². The summed E-state index contributed by atoms with van der Waals surface area (Å²) in [5.41, 5.74) is 0. The fourth-order valence-electron chi connectivity index (χ4n) is 2.29. The van der Waals surface area contributed by atoms with E-state index in [1.54, 1.807) is 4.90 Å². The zero-order valence-corrected chi connectivity index (χ0v) is 11.4. The van der Waals surface area contributed by atoms with Gasteiger partial charge in [0.2, 0.25) is 0 Å². The van der Waals surface area contributed by atoms with Gasteiger partial charge in [-0.1, -0.05) is 41.6 Å². The molecule has 1 fully saturated rings. The SMILES string of the molecule is O=C(O)N1CCC(CCCCCCBr)CC1. The zero-order chi connectivity index (χ0) is 11.8. The minimum Gasteiger partial charge on any atom is -0.465 e. The second kappa shape index (κ2) is 7.93. The molecule has 0 radical (unpaired) electrons. The molecule has 0 aromatic heterocycles. The van der Waals surface area contributed by atoms with Gasteiger partial charge in [0.1, 0.15) is 0 Å². The Balaban J connectivity index is 2.02. The second-order valence-electron chi connectivity index (χ2n) is 4.60. The van der Waals surface area contributed by atoms with Gasteiger partial charge in [0.05, 0.1) is 0 Å². The third-order valence-electron chi connectivity index (χ3n) is 3.38. The minimum absolute atomic E-state index is 0.737. The summed E-state index contributed by atoms with van der Waals surface area (Å²) in [4.78, 5) is 12.3. The number of piperidine rings is 1. The molecule has 0 aromatic rings. The van der Waals surface area contributed by atoms with Crippen LogP contribution in [0.15, 0.2) is 0 Å². The summed E-state index contributed by atoms with van der Waals surface area (Å²) in [7, 11) is 0. The molecular weight excluding hydrogens is 270 g/mol. The first kappa shape index (κ1) is 13.8. The molecule has 0 saturated carbocycles. The summed E-state index contributed by atoms with van der Waals surface area (Å²) in [6.45, 7) is 1.48. The molecule has 3 nitrogen and oxygen atoms in total. The molecule has 1 saturated heterocycles. The van der Waals surface area contributed by atoms with E-state index in [1.807, 2.05) is 0 Å². The van der Waals surface area contributed by atoms with Gasteiger partial charge in [-0.2, -0.15) is 0 Å². The molecular formula is C12H22BrNO2. The van der Waals surface area contributed by atoms with E-state index in [2.05, 4.69) is 15.9 Å². The van der Waals surface area contributed by atoms with Crippen LogP contribution in [0.1, 0.15) is 44.9 Å². The highest BCUT2D eigenvalue weighted by molar-refractivity contribution is 9.09. The van der Waals surface area contributed by atoms with Crippen LogP contribution in [-0.2, 0) is 0 Å². The number of carbonyl (C=O) groups is 1. The highest BCUT2D eigenvalue weighted by Gasteiger charge is 2.21. The summed E-state index contributed by atoms with van der Waals surface area (Å²) in [5.74, 6) is 0.763. The van der Waals surface area contributed by atoms with Crippen LogP contribution < -0.4 is 0 Å². The average Bonchev–Trinajstić information content (AvgIpc) is 2.29. The minimum atomic E-state index is -0.754. The van der Waals surface area contributed by atoms with E-state index in [0.717, 1.165) is 37.2 Å². The van der Waals surface area contributed by atoms with E-state index < -0.39 is 6.09 Å². The van der Waals surface area contributed by atoms with Crippen LogP contribution in [0.3, 0.4) is 0 Å². The summed E-state index contributed by atoms with van der Waals surface area (Å²) >= 11 is 3.44. The molecule has 94 valence electrons. The number of unbranched alkanes of at least 4 members (excludes halogenated alkanes) is 3. The standard InChI is InChI=1S/C12H22BrNO2/c13-8-4-2-1-3-5-11-6-9-14(10-7-11)12(15)16/h11H,1-10H2,(H,15,16). The van der Waals surface area contributed by atoms with Crippen LogP contribution in [0.2, 0.25) is 0 Å². The Morgan fingerprint density at radius 2 is 1.81 bits per heavy atom. The lowest BCUT2D eigenvalue weighted by molar-refractivity contribution is 0.122. The smallest absolute Gasteiger partial charge is 0.407 e. The number of rotatable bonds is 6. The Hall–Kier alpha value is -0.250. The van der Waals surface area contributed by atoms with E-state index in [9.17, 15) is 4.79 Å². The Morgan fingerprint density at radius 1 is 1.19 bits per heavy atom. The van der Waals surface area contributed by atoms with Crippen molar-refractivity contribution in [3.05, 3.63) is 0 Å². The van der Waals surface area contributed by atoms with Gasteiger partial charge in [-0.3, -0.25) is 0 Å². The molecule has 0 atom stereocenters. The molecule has 0 spiro atoms. The predicted molar refractivity (Wildman–Crippen MR) is 69.2 cm³/mol. The molecule has 0 aliphatic carbocycles. The maximum Gasteiger partial charge on any atom is 0.407 e. The van der Waals surface area contributed by atoms with Gasteiger partial charge in [0.25, 0.3) is 0 Å². The maximum absolute atomic E-state index is 10.7. The molecule has 1 heterocycles. The summed E-state index contributed by atoms with van der Waals surface area (Å²) < 4.78 is 0. The molecule has 1 amide bonds. The fraction of sp³-hybridized carbons (Fsp3) is 0.917. The molecule has 1 N–H and O–H groups in total. The normalized spacial score (nSPS) is 17.7. The molecule has 1 aliphatic rings.